The lowest BCUT2D eigenvalue weighted by molar-refractivity contribution is -0.384. The van der Waals surface area contributed by atoms with Crippen LogP contribution >= 0.6 is 22.7 Å². The summed E-state index contributed by atoms with van der Waals surface area (Å²) in [5, 5.41) is 19.0. The molecule has 0 aliphatic heterocycles. The number of benzene rings is 2. The van der Waals surface area contributed by atoms with E-state index >= 15 is 0 Å². The third kappa shape index (κ3) is 3.76. The Labute approximate surface area is 160 Å². The molecule has 10 heteroatoms. The molecule has 0 spiro atoms. The van der Waals surface area contributed by atoms with Crippen LogP contribution in [0.15, 0.2) is 53.9 Å². The number of hydrogen-bond donors (Lipinski definition) is 2. The summed E-state index contributed by atoms with van der Waals surface area (Å²) >= 11 is 2.83. The first-order valence-corrected chi connectivity index (χ1v) is 9.42. The van der Waals surface area contributed by atoms with Gasteiger partial charge in [-0.15, -0.1) is 22.7 Å². The molecule has 2 heterocycles. The average Bonchev–Trinajstić information content (AvgIpc) is 3.28. The lowest BCUT2D eigenvalue weighted by atomic mass is 10.3. The number of carbonyl (C=O) groups excluding carboxylic acids is 1. The van der Waals surface area contributed by atoms with Gasteiger partial charge in [0.15, 0.2) is 5.13 Å². The fourth-order valence-electron chi connectivity index (χ4n) is 2.34. The van der Waals surface area contributed by atoms with Gasteiger partial charge in [0.25, 0.3) is 5.69 Å². The zero-order valence-electron chi connectivity index (χ0n) is 13.6. The molecule has 2 N–H and O–H groups in total. The minimum Gasteiger partial charge on any atom is -0.308 e. The first-order valence-electron chi connectivity index (χ1n) is 7.72. The topological polar surface area (TPSA) is 110 Å². The van der Waals surface area contributed by atoms with Crippen LogP contribution in [-0.2, 0) is 0 Å². The Hall–Kier alpha value is -3.37. The second kappa shape index (κ2) is 7.09. The molecule has 0 saturated carbocycles. The number of non-ortho nitro benzene ring substituents is 1. The number of aromatic nitrogens is 2. The summed E-state index contributed by atoms with van der Waals surface area (Å²) in [7, 11) is 0. The summed E-state index contributed by atoms with van der Waals surface area (Å²) in [5.74, 6) is 0. The number of fused-ring (bicyclic) bond motifs is 1. The van der Waals surface area contributed by atoms with E-state index in [1.807, 2.05) is 29.6 Å². The van der Waals surface area contributed by atoms with Crippen LogP contribution in [0.3, 0.4) is 0 Å². The first-order chi connectivity index (χ1) is 13.1. The van der Waals surface area contributed by atoms with Gasteiger partial charge in [-0.1, -0.05) is 12.1 Å². The Bertz CT molecular complexity index is 1100. The van der Waals surface area contributed by atoms with E-state index in [1.165, 1.54) is 46.9 Å². The van der Waals surface area contributed by atoms with Gasteiger partial charge in [-0.05, 0) is 24.3 Å². The molecule has 27 heavy (non-hydrogen) atoms. The number of urea groups is 1. The molecule has 0 aliphatic carbocycles. The lowest BCUT2D eigenvalue weighted by Gasteiger charge is -2.04. The monoisotopic (exact) mass is 397 g/mol. The van der Waals surface area contributed by atoms with E-state index in [0.717, 1.165) is 15.2 Å². The third-order valence-corrected chi connectivity index (χ3v) is 5.39. The molecule has 2 amide bonds. The lowest BCUT2D eigenvalue weighted by Crippen LogP contribution is -2.19. The average molecular weight is 397 g/mol. The summed E-state index contributed by atoms with van der Waals surface area (Å²) < 4.78 is 1.07. The predicted octanol–water partition coefficient (Wildman–Crippen LogP) is 4.97. The Kier molecular flexibility index (Phi) is 4.48. The highest BCUT2D eigenvalue weighted by Gasteiger charge is 2.12. The number of hydrogen-bond acceptors (Lipinski definition) is 7. The van der Waals surface area contributed by atoms with Crippen LogP contribution < -0.4 is 10.6 Å². The molecule has 8 nitrogen and oxygen atoms in total. The van der Waals surface area contributed by atoms with Crippen LogP contribution in [0.5, 0.6) is 0 Å². The van der Waals surface area contributed by atoms with Gasteiger partial charge in [0, 0.05) is 23.2 Å². The maximum atomic E-state index is 12.1. The number of nitro benzene ring substituents is 1. The van der Waals surface area contributed by atoms with Gasteiger partial charge in [-0.2, -0.15) is 0 Å². The Morgan fingerprint density at radius 2 is 1.81 bits per heavy atom. The number of para-hydroxylation sites is 1. The van der Waals surface area contributed by atoms with Crippen molar-refractivity contribution in [3.8, 4) is 10.7 Å². The molecule has 0 fully saturated rings. The van der Waals surface area contributed by atoms with Crippen molar-refractivity contribution in [2.45, 2.75) is 0 Å². The van der Waals surface area contributed by atoms with Crippen molar-refractivity contribution in [3.63, 3.8) is 0 Å². The van der Waals surface area contributed by atoms with Crippen molar-refractivity contribution in [1.29, 1.82) is 0 Å². The van der Waals surface area contributed by atoms with Crippen molar-refractivity contribution in [2.24, 2.45) is 0 Å². The number of carbonyl (C=O) groups is 1. The molecule has 4 rings (SSSR count). The molecule has 0 saturated heterocycles. The van der Waals surface area contributed by atoms with Gasteiger partial charge in [0.05, 0.1) is 15.1 Å². The van der Waals surface area contributed by atoms with Crippen LogP contribution in [0, 0.1) is 10.1 Å². The van der Waals surface area contributed by atoms with Crippen LogP contribution in [0.2, 0.25) is 0 Å². The van der Waals surface area contributed by atoms with Crippen molar-refractivity contribution in [1.82, 2.24) is 9.97 Å². The molecular weight excluding hydrogens is 386 g/mol. The van der Waals surface area contributed by atoms with Crippen molar-refractivity contribution >= 4 is 55.4 Å². The zero-order chi connectivity index (χ0) is 18.8. The number of nitrogens with one attached hydrogen (secondary N) is 2. The number of rotatable bonds is 4. The summed E-state index contributed by atoms with van der Waals surface area (Å²) in [5.41, 5.74) is 2.02. The molecule has 0 bridgehead atoms. The molecule has 0 unspecified atom stereocenters. The minimum absolute atomic E-state index is 0.0404. The smallest absolute Gasteiger partial charge is 0.308 e. The van der Waals surface area contributed by atoms with E-state index in [-0.39, 0.29) is 5.69 Å². The van der Waals surface area contributed by atoms with Gasteiger partial charge in [-0.25, -0.2) is 14.8 Å². The molecule has 4 aromatic rings. The largest absolute Gasteiger partial charge is 0.325 e. The quantitative estimate of drug-likeness (QED) is 0.373. The van der Waals surface area contributed by atoms with Gasteiger partial charge < -0.3 is 5.32 Å². The van der Waals surface area contributed by atoms with E-state index in [1.54, 1.807) is 0 Å². The van der Waals surface area contributed by atoms with Gasteiger partial charge in [0.2, 0.25) is 0 Å². The van der Waals surface area contributed by atoms with E-state index < -0.39 is 11.0 Å². The SMILES string of the molecule is O=C(Nc1ccc([N+](=O)[O-])cc1)Nc1nc(-c2nc3ccccc3s2)cs1. The standard InChI is InChI=1S/C17H11N5O3S2/c23-16(18-10-5-7-11(8-6-10)22(24)25)21-17-20-13(9-26-17)15-19-12-3-1-2-4-14(12)27-15/h1-9H,(H2,18,20,21,23). The summed E-state index contributed by atoms with van der Waals surface area (Å²) in [6.07, 6.45) is 0. The number of anilines is 2. The number of amides is 2. The highest BCUT2D eigenvalue weighted by molar-refractivity contribution is 7.22. The fourth-order valence-corrected chi connectivity index (χ4v) is 4.03. The Morgan fingerprint density at radius 3 is 2.56 bits per heavy atom. The van der Waals surface area contributed by atoms with Gasteiger partial charge >= 0.3 is 6.03 Å². The second-order valence-electron chi connectivity index (χ2n) is 5.41. The number of nitrogens with zero attached hydrogens (tertiary/aromatic N) is 3. The Balaban J connectivity index is 1.44. The molecule has 0 atom stereocenters. The molecular formula is C17H11N5O3S2. The summed E-state index contributed by atoms with van der Waals surface area (Å²) in [6.45, 7) is 0. The zero-order valence-corrected chi connectivity index (χ0v) is 15.2. The molecule has 0 aliphatic rings. The van der Waals surface area contributed by atoms with E-state index in [9.17, 15) is 14.9 Å². The maximum absolute atomic E-state index is 12.1. The molecule has 134 valence electrons. The Morgan fingerprint density at radius 1 is 1.04 bits per heavy atom. The fraction of sp³-hybridized carbons (Fsp3) is 0. The highest BCUT2D eigenvalue weighted by atomic mass is 32.1. The van der Waals surface area contributed by atoms with Crippen LogP contribution in [0.1, 0.15) is 0 Å². The van der Waals surface area contributed by atoms with Crippen molar-refractivity contribution in [2.75, 3.05) is 10.6 Å². The van der Waals surface area contributed by atoms with E-state index in [0.29, 0.717) is 16.5 Å². The number of nitro groups is 1. The van der Waals surface area contributed by atoms with Crippen molar-refractivity contribution in [3.05, 3.63) is 64.0 Å². The molecule has 0 radical (unpaired) electrons. The van der Waals surface area contributed by atoms with Gasteiger partial charge in [-0.3, -0.25) is 15.4 Å². The van der Waals surface area contributed by atoms with E-state index in [4.69, 9.17) is 0 Å². The molecule has 2 aromatic carbocycles. The first kappa shape index (κ1) is 17.1. The van der Waals surface area contributed by atoms with Crippen LogP contribution in [0.25, 0.3) is 20.9 Å². The van der Waals surface area contributed by atoms with Gasteiger partial charge in [0.1, 0.15) is 10.7 Å². The predicted molar refractivity (Wildman–Crippen MR) is 106 cm³/mol. The second-order valence-corrected chi connectivity index (χ2v) is 7.30. The van der Waals surface area contributed by atoms with Crippen LogP contribution in [-0.4, -0.2) is 20.9 Å². The van der Waals surface area contributed by atoms with Crippen LogP contribution in [0.4, 0.5) is 21.3 Å². The minimum atomic E-state index is -0.497. The van der Waals surface area contributed by atoms with E-state index in [2.05, 4.69) is 20.6 Å². The molecule has 2 aromatic heterocycles. The highest BCUT2D eigenvalue weighted by Crippen LogP contribution is 2.31. The normalized spacial score (nSPS) is 10.7. The third-order valence-electron chi connectivity index (χ3n) is 3.57. The summed E-state index contributed by atoms with van der Waals surface area (Å²) in [6, 6.07) is 12.9. The maximum Gasteiger partial charge on any atom is 0.325 e. The van der Waals surface area contributed by atoms with Crippen molar-refractivity contribution < 1.29 is 9.72 Å². The summed E-state index contributed by atoms with van der Waals surface area (Å²) in [4.78, 5) is 31.2. The number of thiazole rings is 2.